The molecule has 0 amide bonds. The summed E-state index contributed by atoms with van der Waals surface area (Å²) in [7, 11) is 3.10. The maximum Gasteiger partial charge on any atom is 0.162 e. The monoisotopic (exact) mass is 406 g/mol. The smallest absolute Gasteiger partial charge is 0.162 e. The normalized spacial score (nSPS) is 10.6. The standard InChI is InChI=1S/C22H19FN4O3/c1-28-20-10-16-19(11-21(20)29-2)25-13-26-22(16)27-18-7-6-15(9-17(18)23)30-12-14-5-3-4-8-24-14/h3-11,13H,12H2,1-2H3,(H,25,26,27). The number of rotatable bonds is 7. The first-order valence-electron chi connectivity index (χ1n) is 9.14. The van der Waals surface area contributed by atoms with Crippen LogP contribution in [0.25, 0.3) is 10.9 Å². The SMILES string of the molecule is COc1cc2ncnc(Nc3ccc(OCc4ccccn4)cc3F)c2cc1OC. The molecule has 0 spiro atoms. The van der Waals surface area contributed by atoms with E-state index in [2.05, 4.69) is 20.3 Å². The number of pyridine rings is 1. The minimum Gasteiger partial charge on any atom is -0.493 e. The van der Waals surface area contributed by atoms with Gasteiger partial charge >= 0.3 is 0 Å². The molecule has 0 fully saturated rings. The molecule has 4 aromatic rings. The summed E-state index contributed by atoms with van der Waals surface area (Å²) in [5.74, 6) is 1.46. The molecule has 0 aliphatic heterocycles. The summed E-state index contributed by atoms with van der Waals surface area (Å²) < 4.78 is 31.0. The number of aromatic nitrogens is 3. The van der Waals surface area contributed by atoms with Gasteiger partial charge in [0.05, 0.1) is 31.1 Å². The third-order valence-electron chi connectivity index (χ3n) is 4.45. The Morgan fingerprint density at radius 3 is 2.50 bits per heavy atom. The Balaban J connectivity index is 1.57. The molecular weight excluding hydrogens is 387 g/mol. The lowest BCUT2D eigenvalue weighted by Gasteiger charge is -2.13. The molecule has 1 N–H and O–H groups in total. The Morgan fingerprint density at radius 1 is 0.933 bits per heavy atom. The van der Waals surface area contributed by atoms with Crippen molar-refractivity contribution in [2.45, 2.75) is 6.61 Å². The molecule has 0 atom stereocenters. The van der Waals surface area contributed by atoms with E-state index in [9.17, 15) is 4.39 Å². The molecule has 0 aliphatic carbocycles. The van der Waals surface area contributed by atoms with Crippen LogP contribution >= 0.6 is 0 Å². The molecule has 0 bridgehead atoms. The van der Waals surface area contributed by atoms with E-state index in [0.29, 0.717) is 34.0 Å². The van der Waals surface area contributed by atoms with E-state index in [4.69, 9.17) is 14.2 Å². The number of anilines is 2. The molecule has 0 unspecified atom stereocenters. The maximum atomic E-state index is 14.7. The molecule has 4 rings (SSSR count). The summed E-state index contributed by atoms with van der Waals surface area (Å²) in [4.78, 5) is 12.7. The van der Waals surface area contributed by atoms with Crippen molar-refractivity contribution in [1.29, 1.82) is 0 Å². The predicted octanol–water partition coefficient (Wildman–Crippen LogP) is 4.50. The van der Waals surface area contributed by atoms with E-state index >= 15 is 0 Å². The fourth-order valence-corrected chi connectivity index (χ4v) is 2.94. The number of benzene rings is 2. The third-order valence-corrected chi connectivity index (χ3v) is 4.45. The van der Waals surface area contributed by atoms with Crippen molar-refractivity contribution >= 4 is 22.4 Å². The van der Waals surface area contributed by atoms with Crippen molar-refractivity contribution in [2.75, 3.05) is 19.5 Å². The lowest BCUT2D eigenvalue weighted by atomic mass is 10.2. The van der Waals surface area contributed by atoms with E-state index in [0.717, 1.165) is 5.69 Å². The van der Waals surface area contributed by atoms with Gasteiger partial charge < -0.3 is 19.5 Å². The van der Waals surface area contributed by atoms with Gasteiger partial charge in [0.25, 0.3) is 0 Å². The van der Waals surface area contributed by atoms with Crippen molar-refractivity contribution in [1.82, 2.24) is 15.0 Å². The summed E-state index contributed by atoms with van der Waals surface area (Å²) in [6, 6.07) is 13.6. The second-order valence-corrected chi connectivity index (χ2v) is 6.32. The minimum absolute atomic E-state index is 0.255. The second kappa shape index (κ2) is 8.60. The summed E-state index contributed by atoms with van der Waals surface area (Å²) in [6.45, 7) is 0.255. The van der Waals surface area contributed by atoms with Crippen LogP contribution in [0.15, 0.2) is 61.1 Å². The number of nitrogens with zero attached hydrogens (tertiary/aromatic N) is 3. The van der Waals surface area contributed by atoms with Crippen LogP contribution < -0.4 is 19.5 Å². The fourth-order valence-electron chi connectivity index (χ4n) is 2.94. The van der Waals surface area contributed by atoms with Gasteiger partial charge in [0.1, 0.15) is 30.3 Å². The van der Waals surface area contributed by atoms with Gasteiger partial charge in [0.2, 0.25) is 0 Å². The van der Waals surface area contributed by atoms with Crippen molar-refractivity contribution in [3.63, 3.8) is 0 Å². The molecule has 0 aliphatic rings. The zero-order valence-corrected chi connectivity index (χ0v) is 16.4. The molecule has 0 saturated heterocycles. The Labute approximate surface area is 172 Å². The highest BCUT2D eigenvalue weighted by molar-refractivity contribution is 5.93. The summed E-state index contributed by atoms with van der Waals surface area (Å²) in [6.07, 6.45) is 3.09. The zero-order chi connectivity index (χ0) is 20.9. The zero-order valence-electron chi connectivity index (χ0n) is 16.4. The van der Waals surface area contributed by atoms with Crippen LogP contribution in [0.1, 0.15) is 5.69 Å². The molecule has 0 radical (unpaired) electrons. The van der Waals surface area contributed by atoms with Gasteiger partial charge in [-0.25, -0.2) is 14.4 Å². The molecule has 7 nitrogen and oxygen atoms in total. The van der Waals surface area contributed by atoms with Crippen LogP contribution in [0.5, 0.6) is 17.2 Å². The Morgan fingerprint density at radius 2 is 1.77 bits per heavy atom. The van der Waals surface area contributed by atoms with Crippen molar-refractivity contribution in [3.05, 3.63) is 72.6 Å². The van der Waals surface area contributed by atoms with E-state index in [1.165, 1.54) is 12.4 Å². The van der Waals surface area contributed by atoms with Crippen molar-refractivity contribution in [2.24, 2.45) is 0 Å². The molecule has 2 heterocycles. The fraction of sp³-hybridized carbons (Fsp3) is 0.136. The summed E-state index contributed by atoms with van der Waals surface area (Å²) in [5.41, 5.74) is 1.66. The molecule has 0 saturated carbocycles. The highest BCUT2D eigenvalue weighted by Crippen LogP contribution is 2.35. The molecule has 30 heavy (non-hydrogen) atoms. The minimum atomic E-state index is -0.472. The van der Waals surface area contributed by atoms with Crippen LogP contribution in [0.4, 0.5) is 15.9 Å². The number of ether oxygens (including phenoxy) is 3. The molecule has 8 heteroatoms. The molecule has 2 aromatic carbocycles. The van der Waals surface area contributed by atoms with Gasteiger partial charge in [-0.1, -0.05) is 6.07 Å². The second-order valence-electron chi connectivity index (χ2n) is 6.32. The Hall–Kier alpha value is -3.94. The number of methoxy groups -OCH3 is 2. The first-order chi connectivity index (χ1) is 14.7. The highest BCUT2D eigenvalue weighted by atomic mass is 19.1. The number of fused-ring (bicyclic) bond motifs is 1. The van der Waals surface area contributed by atoms with Crippen molar-refractivity contribution in [3.8, 4) is 17.2 Å². The number of hydrogen-bond donors (Lipinski definition) is 1. The van der Waals surface area contributed by atoms with Crippen LogP contribution in [-0.2, 0) is 6.61 Å². The van der Waals surface area contributed by atoms with E-state index in [1.54, 1.807) is 44.7 Å². The van der Waals surface area contributed by atoms with Gasteiger partial charge in [0.15, 0.2) is 11.5 Å². The molecule has 2 aromatic heterocycles. The maximum absolute atomic E-state index is 14.7. The largest absolute Gasteiger partial charge is 0.493 e. The van der Waals surface area contributed by atoms with Gasteiger partial charge in [-0.05, 0) is 30.3 Å². The van der Waals surface area contributed by atoms with E-state index in [1.807, 2.05) is 18.2 Å². The van der Waals surface area contributed by atoms with Crippen LogP contribution in [-0.4, -0.2) is 29.2 Å². The van der Waals surface area contributed by atoms with E-state index < -0.39 is 5.82 Å². The highest BCUT2D eigenvalue weighted by Gasteiger charge is 2.13. The number of nitrogens with one attached hydrogen (secondary N) is 1. The molecule has 152 valence electrons. The van der Waals surface area contributed by atoms with Crippen LogP contribution in [0, 0.1) is 5.82 Å². The van der Waals surface area contributed by atoms with Gasteiger partial charge in [-0.15, -0.1) is 0 Å². The Kier molecular flexibility index (Phi) is 5.56. The quantitative estimate of drug-likeness (QED) is 0.484. The number of hydrogen-bond acceptors (Lipinski definition) is 7. The topological polar surface area (TPSA) is 78.4 Å². The summed E-state index contributed by atoms with van der Waals surface area (Å²) >= 11 is 0. The first-order valence-corrected chi connectivity index (χ1v) is 9.14. The van der Waals surface area contributed by atoms with Gasteiger partial charge in [-0.2, -0.15) is 0 Å². The predicted molar refractivity (Wildman–Crippen MR) is 111 cm³/mol. The average Bonchev–Trinajstić information content (AvgIpc) is 2.79. The van der Waals surface area contributed by atoms with E-state index in [-0.39, 0.29) is 12.3 Å². The van der Waals surface area contributed by atoms with Gasteiger partial charge in [0, 0.05) is 23.7 Å². The Bertz CT molecular complexity index is 1170. The van der Waals surface area contributed by atoms with Crippen molar-refractivity contribution < 1.29 is 18.6 Å². The van der Waals surface area contributed by atoms with Crippen LogP contribution in [0.3, 0.4) is 0 Å². The van der Waals surface area contributed by atoms with Crippen LogP contribution in [0.2, 0.25) is 0 Å². The average molecular weight is 406 g/mol. The lowest BCUT2D eigenvalue weighted by Crippen LogP contribution is -2.01. The molecular formula is C22H19FN4O3. The third kappa shape index (κ3) is 4.07. The lowest BCUT2D eigenvalue weighted by molar-refractivity contribution is 0.300. The number of halogens is 1. The first kappa shape index (κ1) is 19.4. The summed E-state index contributed by atoms with van der Waals surface area (Å²) in [5, 5.41) is 3.69. The van der Waals surface area contributed by atoms with Gasteiger partial charge in [-0.3, -0.25) is 4.98 Å².